The number of fused-ring (bicyclic) bond motifs is 1. The topological polar surface area (TPSA) is 54.9 Å². The number of nitrogens with one attached hydrogen (secondary N) is 2. The maximum Gasteiger partial charge on any atom is 0.422 e. The molecular weight excluding hydrogens is 510 g/mol. The molecule has 164 valence electrons. The van der Waals surface area contributed by atoms with Crippen LogP contribution in [0.3, 0.4) is 0 Å². The molecule has 3 rings (SSSR count). The third-order valence-corrected chi connectivity index (χ3v) is 4.44. The fourth-order valence-corrected chi connectivity index (χ4v) is 3.04. The lowest BCUT2D eigenvalue weighted by atomic mass is 10.1. The second-order valence-electron chi connectivity index (χ2n) is 6.69. The van der Waals surface area contributed by atoms with Crippen molar-refractivity contribution in [2.75, 3.05) is 26.8 Å². The number of ether oxygens (including phenoxy) is 2. The van der Waals surface area contributed by atoms with Crippen molar-refractivity contribution < 1.29 is 22.6 Å². The van der Waals surface area contributed by atoms with Crippen LogP contribution in [0, 0.1) is 0 Å². The van der Waals surface area contributed by atoms with Crippen LogP contribution in [0.15, 0.2) is 47.5 Å². The van der Waals surface area contributed by atoms with Gasteiger partial charge in [-0.1, -0.05) is 24.3 Å². The summed E-state index contributed by atoms with van der Waals surface area (Å²) in [6.07, 6.45) is -2.56. The molecule has 9 heteroatoms. The van der Waals surface area contributed by atoms with Gasteiger partial charge in [-0.3, -0.25) is 4.99 Å². The Morgan fingerprint density at radius 2 is 1.97 bits per heavy atom. The van der Waals surface area contributed by atoms with Crippen molar-refractivity contribution in [1.29, 1.82) is 0 Å². The number of halogens is 4. The van der Waals surface area contributed by atoms with Crippen molar-refractivity contribution in [1.82, 2.24) is 10.6 Å². The van der Waals surface area contributed by atoms with Crippen molar-refractivity contribution in [3.63, 3.8) is 0 Å². The molecule has 0 aromatic heterocycles. The predicted molar refractivity (Wildman–Crippen MR) is 121 cm³/mol. The Kier molecular flexibility index (Phi) is 9.07. The first-order chi connectivity index (χ1) is 13.9. The van der Waals surface area contributed by atoms with Gasteiger partial charge in [-0.15, -0.1) is 24.0 Å². The lowest BCUT2D eigenvalue weighted by Crippen LogP contribution is -2.37. The Balaban J connectivity index is 0.00000320. The number of guanidine groups is 1. The van der Waals surface area contributed by atoms with Gasteiger partial charge < -0.3 is 20.1 Å². The molecule has 1 aliphatic rings. The Morgan fingerprint density at radius 1 is 1.13 bits per heavy atom. The number of aliphatic imine (C=N–C) groups is 1. The molecule has 0 fully saturated rings. The number of hydrogen-bond acceptors (Lipinski definition) is 3. The fraction of sp³-hybridized carbons (Fsp3) is 0.381. The number of nitrogens with zero attached hydrogens (tertiary/aromatic N) is 1. The fourth-order valence-electron chi connectivity index (χ4n) is 3.04. The molecule has 0 saturated heterocycles. The molecule has 2 aromatic rings. The highest BCUT2D eigenvalue weighted by atomic mass is 127. The molecule has 0 saturated carbocycles. The van der Waals surface area contributed by atoms with Gasteiger partial charge in [0.1, 0.15) is 11.5 Å². The summed E-state index contributed by atoms with van der Waals surface area (Å²) in [6.45, 7) is 0.561. The highest BCUT2D eigenvalue weighted by Gasteiger charge is 2.28. The first-order valence-electron chi connectivity index (χ1n) is 9.40. The quantitative estimate of drug-likeness (QED) is 0.319. The van der Waals surface area contributed by atoms with Crippen molar-refractivity contribution in [3.05, 3.63) is 59.2 Å². The van der Waals surface area contributed by atoms with Gasteiger partial charge in [0, 0.05) is 26.6 Å². The minimum Gasteiger partial charge on any atom is -0.493 e. The average Bonchev–Trinajstić information content (AvgIpc) is 3.16. The third kappa shape index (κ3) is 7.58. The second-order valence-corrected chi connectivity index (χ2v) is 6.69. The molecule has 1 heterocycles. The Bertz CT molecular complexity index is 860. The van der Waals surface area contributed by atoms with Gasteiger partial charge in [0.15, 0.2) is 12.6 Å². The third-order valence-electron chi connectivity index (χ3n) is 4.44. The number of hydrogen-bond donors (Lipinski definition) is 2. The Labute approximate surface area is 191 Å². The molecule has 2 aromatic carbocycles. The van der Waals surface area contributed by atoms with Crippen LogP contribution in [0.25, 0.3) is 0 Å². The van der Waals surface area contributed by atoms with Crippen LogP contribution >= 0.6 is 24.0 Å². The molecule has 0 aliphatic carbocycles. The second kappa shape index (κ2) is 11.3. The molecule has 1 aliphatic heterocycles. The molecule has 0 unspecified atom stereocenters. The number of rotatable bonds is 7. The van der Waals surface area contributed by atoms with E-state index < -0.39 is 12.8 Å². The minimum absolute atomic E-state index is 0. The molecule has 0 amide bonds. The van der Waals surface area contributed by atoms with E-state index in [4.69, 9.17) is 9.47 Å². The van der Waals surface area contributed by atoms with Crippen LogP contribution in [0.2, 0.25) is 0 Å². The molecule has 0 spiro atoms. The number of benzene rings is 2. The van der Waals surface area contributed by atoms with E-state index in [9.17, 15) is 13.2 Å². The van der Waals surface area contributed by atoms with Gasteiger partial charge in [-0.2, -0.15) is 13.2 Å². The summed E-state index contributed by atoms with van der Waals surface area (Å²) in [7, 11) is 1.67. The van der Waals surface area contributed by atoms with Crippen molar-refractivity contribution in [2.45, 2.75) is 25.6 Å². The van der Waals surface area contributed by atoms with Crippen LogP contribution < -0.4 is 20.1 Å². The zero-order valence-corrected chi connectivity index (χ0v) is 18.9. The molecular formula is C21H25F3IN3O2. The summed E-state index contributed by atoms with van der Waals surface area (Å²) in [6, 6.07) is 12.8. The first kappa shape index (κ1) is 24.1. The normalized spacial score (nSPS) is 13.1. The van der Waals surface area contributed by atoms with Gasteiger partial charge in [0.25, 0.3) is 0 Å². The van der Waals surface area contributed by atoms with E-state index in [1.165, 1.54) is 17.2 Å². The zero-order chi connectivity index (χ0) is 20.7. The van der Waals surface area contributed by atoms with Gasteiger partial charge in [0.05, 0.1) is 6.61 Å². The van der Waals surface area contributed by atoms with Crippen molar-refractivity contribution >= 4 is 29.9 Å². The molecule has 5 nitrogen and oxygen atoms in total. The van der Waals surface area contributed by atoms with Gasteiger partial charge in [-0.05, 0) is 41.3 Å². The maximum absolute atomic E-state index is 12.3. The zero-order valence-electron chi connectivity index (χ0n) is 16.6. The van der Waals surface area contributed by atoms with Gasteiger partial charge >= 0.3 is 6.18 Å². The molecule has 2 N–H and O–H groups in total. The summed E-state index contributed by atoms with van der Waals surface area (Å²) in [5.74, 6) is 1.78. The van der Waals surface area contributed by atoms with E-state index in [0.29, 0.717) is 19.0 Å². The van der Waals surface area contributed by atoms with E-state index in [1.54, 1.807) is 19.2 Å². The van der Waals surface area contributed by atoms with E-state index in [0.717, 1.165) is 30.8 Å². The highest BCUT2D eigenvalue weighted by molar-refractivity contribution is 14.0. The standard InChI is InChI=1S/C21H24F3N3O2.HI/c1-25-20(26-9-7-15-5-6-19-17(11-15)8-10-28-19)27-13-16-3-2-4-18(12-16)29-14-21(22,23)24;/h2-6,11-12H,7-10,13-14H2,1H3,(H2,25,26,27);1H. The van der Waals surface area contributed by atoms with E-state index >= 15 is 0 Å². The summed E-state index contributed by atoms with van der Waals surface area (Å²) >= 11 is 0. The van der Waals surface area contributed by atoms with Gasteiger partial charge in [0.2, 0.25) is 0 Å². The van der Waals surface area contributed by atoms with Crippen LogP contribution in [0.1, 0.15) is 16.7 Å². The van der Waals surface area contributed by atoms with E-state index in [-0.39, 0.29) is 29.7 Å². The lowest BCUT2D eigenvalue weighted by molar-refractivity contribution is -0.153. The van der Waals surface area contributed by atoms with Crippen LogP contribution in [0.4, 0.5) is 13.2 Å². The summed E-state index contributed by atoms with van der Waals surface area (Å²) in [4.78, 5) is 4.18. The first-order valence-corrected chi connectivity index (χ1v) is 9.40. The molecule has 0 atom stereocenters. The lowest BCUT2D eigenvalue weighted by Gasteiger charge is -2.13. The molecule has 0 radical (unpaired) electrons. The highest BCUT2D eigenvalue weighted by Crippen LogP contribution is 2.25. The Morgan fingerprint density at radius 3 is 2.73 bits per heavy atom. The molecule has 0 bridgehead atoms. The Hall–Kier alpha value is -2.17. The largest absolute Gasteiger partial charge is 0.493 e. The monoisotopic (exact) mass is 535 g/mol. The van der Waals surface area contributed by atoms with E-state index in [2.05, 4.69) is 27.8 Å². The summed E-state index contributed by atoms with van der Waals surface area (Å²) < 4.78 is 47.1. The minimum atomic E-state index is -4.36. The van der Waals surface area contributed by atoms with Crippen molar-refractivity contribution in [3.8, 4) is 11.5 Å². The van der Waals surface area contributed by atoms with Gasteiger partial charge in [-0.25, -0.2) is 0 Å². The molecule has 30 heavy (non-hydrogen) atoms. The van der Waals surface area contributed by atoms with Crippen LogP contribution in [-0.4, -0.2) is 38.9 Å². The summed E-state index contributed by atoms with van der Waals surface area (Å²) in [5.41, 5.74) is 3.27. The van der Waals surface area contributed by atoms with Crippen molar-refractivity contribution in [2.24, 2.45) is 4.99 Å². The number of alkyl halides is 3. The van der Waals surface area contributed by atoms with Crippen LogP contribution in [-0.2, 0) is 19.4 Å². The predicted octanol–water partition coefficient (Wildman–Crippen LogP) is 4.09. The van der Waals surface area contributed by atoms with Crippen LogP contribution in [0.5, 0.6) is 11.5 Å². The SMILES string of the molecule is CN=C(NCCc1ccc2c(c1)CCO2)NCc1cccc(OCC(F)(F)F)c1.I. The maximum atomic E-state index is 12.3. The smallest absolute Gasteiger partial charge is 0.422 e. The summed E-state index contributed by atoms with van der Waals surface area (Å²) in [5, 5.41) is 6.40. The average molecular weight is 535 g/mol. The van der Waals surface area contributed by atoms with E-state index in [1.807, 2.05) is 12.1 Å².